The zero-order valence-electron chi connectivity index (χ0n) is 15.0. The average molecular weight is 357 g/mol. The minimum absolute atomic E-state index is 0.0235. The van der Waals surface area contributed by atoms with E-state index in [2.05, 4.69) is 21.6 Å². The van der Waals surface area contributed by atoms with Crippen LogP contribution in [-0.2, 0) is 11.3 Å². The van der Waals surface area contributed by atoms with Gasteiger partial charge in [-0.2, -0.15) is 5.26 Å². The van der Waals surface area contributed by atoms with Crippen molar-refractivity contribution in [1.29, 1.82) is 5.26 Å². The fourth-order valence-corrected chi connectivity index (χ4v) is 3.04. The summed E-state index contributed by atoms with van der Waals surface area (Å²) in [6, 6.07) is 12.0. The Balaban J connectivity index is 2.08. The Kier molecular flexibility index (Phi) is 6.21. The van der Waals surface area contributed by atoms with Gasteiger partial charge in [-0.25, -0.2) is 0 Å². The van der Waals surface area contributed by atoms with Gasteiger partial charge in [0, 0.05) is 12.1 Å². The molecule has 6 nitrogen and oxygen atoms in total. The zero-order chi connectivity index (χ0) is 18.4. The van der Waals surface area contributed by atoms with Crippen LogP contribution in [0.15, 0.2) is 35.5 Å². The number of nitrogens with one attached hydrogen (secondary N) is 1. The van der Waals surface area contributed by atoms with Crippen LogP contribution < -0.4 is 5.32 Å². The molecule has 2 aromatic rings. The van der Waals surface area contributed by atoms with Gasteiger partial charge in [-0.1, -0.05) is 55.9 Å². The Hall–Kier alpha value is -2.33. The van der Waals surface area contributed by atoms with Crippen LogP contribution in [0.5, 0.6) is 0 Å². The Morgan fingerprint density at radius 1 is 1.36 bits per heavy atom. The highest BCUT2D eigenvalue weighted by Gasteiger charge is 2.30. The summed E-state index contributed by atoms with van der Waals surface area (Å²) >= 11 is 1.33. The van der Waals surface area contributed by atoms with Crippen LogP contribution in [0.4, 0.5) is 0 Å². The van der Waals surface area contributed by atoms with Crippen molar-refractivity contribution in [3.63, 3.8) is 0 Å². The van der Waals surface area contributed by atoms with Crippen LogP contribution in [0.3, 0.4) is 0 Å². The molecule has 2 rings (SSSR count). The molecular formula is C18H23N5OS. The Bertz CT molecular complexity index is 766. The van der Waals surface area contributed by atoms with Crippen LogP contribution in [0.25, 0.3) is 11.4 Å². The van der Waals surface area contributed by atoms with E-state index in [-0.39, 0.29) is 17.6 Å². The normalized spacial score (nSPS) is 13.3. The second-order valence-electron chi connectivity index (χ2n) is 6.22. The largest absolute Gasteiger partial charge is 0.337 e. The molecule has 1 aromatic heterocycles. The lowest BCUT2D eigenvalue weighted by molar-refractivity contribution is -0.120. The van der Waals surface area contributed by atoms with Crippen molar-refractivity contribution in [2.24, 2.45) is 5.92 Å². The Morgan fingerprint density at radius 2 is 2.04 bits per heavy atom. The molecule has 0 aliphatic rings. The lowest BCUT2D eigenvalue weighted by Gasteiger charge is -2.27. The number of amides is 1. The number of nitrogens with zero attached hydrogens (tertiary/aromatic N) is 4. The maximum Gasteiger partial charge on any atom is 0.231 e. The third-order valence-corrected chi connectivity index (χ3v) is 5.15. The molecule has 0 fully saturated rings. The number of hydrogen-bond donors (Lipinski definition) is 1. The molecule has 0 unspecified atom stereocenters. The van der Waals surface area contributed by atoms with Gasteiger partial charge in [0.05, 0.1) is 11.8 Å². The molecule has 7 heteroatoms. The average Bonchev–Trinajstić information content (AvgIpc) is 3.03. The van der Waals surface area contributed by atoms with Gasteiger partial charge in [0.1, 0.15) is 5.54 Å². The monoisotopic (exact) mass is 357 g/mol. The molecule has 0 bridgehead atoms. The van der Waals surface area contributed by atoms with Crippen molar-refractivity contribution >= 4 is 17.7 Å². The third kappa shape index (κ3) is 4.40. The third-order valence-electron chi connectivity index (χ3n) is 4.18. The first-order chi connectivity index (χ1) is 11.9. The van der Waals surface area contributed by atoms with Crippen molar-refractivity contribution in [2.75, 3.05) is 5.75 Å². The molecule has 0 aliphatic heterocycles. The molecule has 1 heterocycles. The molecule has 1 atom stereocenters. The maximum absolute atomic E-state index is 12.2. The smallest absolute Gasteiger partial charge is 0.231 e. The minimum atomic E-state index is -0.870. The summed E-state index contributed by atoms with van der Waals surface area (Å²) in [5.41, 5.74) is 0.121. The number of nitriles is 1. The predicted molar refractivity (Wildman–Crippen MR) is 98.9 cm³/mol. The van der Waals surface area contributed by atoms with Crippen LogP contribution in [0, 0.1) is 17.2 Å². The fraction of sp³-hybridized carbons (Fsp3) is 0.444. The van der Waals surface area contributed by atoms with Gasteiger partial charge in [-0.05, 0) is 19.8 Å². The number of carbonyl (C=O) groups is 1. The van der Waals surface area contributed by atoms with Crippen LogP contribution in [0.2, 0.25) is 0 Å². The van der Waals surface area contributed by atoms with E-state index < -0.39 is 5.54 Å². The lowest BCUT2D eigenvalue weighted by atomic mass is 9.90. The number of rotatable bonds is 7. The van der Waals surface area contributed by atoms with Gasteiger partial charge in [-0.3, -0.25) is 4.79 Å². The second kappa shape index (κ2) is 8.17. The Morgan fingerprint density at radius 3 is 2.60 bits per heavy atom. The second-order valence-corrected chi connectivity index (χ2v) is 7.16. The Labute approximate surface area is 152 Å². The highest BCUT2D eigenvalue weighted by atomic mass is 32.2. The van der Waals surface area contributed by atoms with Gasteiger partial charge in [0.2, 0.25) is 5.91 Å². The molecule has 1 aromatic carbocycles. The molecule has 1 N–H and O–H groups in total. The molecule has 0 saturated heterocycles. The highest BCUT2D eigenvalue weighted by molar-refractivity contribution is 7.99. The molecule has 1 amide bonds. The molecule has 25 heavy (non-hydrogen) atoms. The molecule has 132 valence electrons. The number of thioether (sulfide) groups is 1. The van der Waals surface area contributed by atoms with Crippen LogP contribution in [-0.4, -0.2) is 32.0 Å². The van der Waals surface area contributed by atoms with Gasteiger partial charge in [0.25, 0.3) is 0 Å². The van der Waals surface area contributed by atoms with Gasteiger partial charge in [-0.15, -0.1) is 10.2 Å². The van der Waals surface area contributed by atoms with Crippen molar-refractivity contribution in [2.45, 2.75) is 44.9 Å². The van der Waals surface area contributed by atoms with Crippen molar-refractivity contribution in [3.8, 4) is 17.5 Å². The predicted octanol–water partition coefficient (Wildman–Crippen LogP) is 3.11. The van der Waals surface area contributed by atoms with Gasteiger partial charge >= 0.3 is 0 Å². The molecule has 0 aliphatic carbocycles. The van der Waals surface area contributed by atoms with E-state index in [9.17, 15) is 10.1 Å². The summed E-state index contributed by atoms with van der Waals surface area (Å²) < 4.78 is 1.99. The first kappa shape index (κ1) is 19.0. The summed E-state index contributed by atoms with van der Waals surface area (Å²) in [4.78, 5) is 12.2. The standard InChI is InChI=1S/C18H23N5OS/c1-5-23-16(14-9-7-6-8-10-14)21-22-17(23)25-11-15(24)20-18(4,12-19)13(2)3/h6-10,13H,5,11H2,1-4H3,(H,20,24)/t18-/m1/s1. The summed E-state index contributed by atoms with van der Waals surface area (Å²) in [7, 11) is 0. The van der Waals surface area contributed by atoms with Gasteiger partial charge in [0.15, 0.2) is 11.0 Å². The fourth-order valence-electron chi connectivity index (χ4n) is 2.24. The number of carbonyl (C=O) groups excluding carboxylic acids is 1. The van der Waals surface area contributed by atoms with E-state index in [1.165, 1.54) is 11.8 Å². The van der Waals surface area contributed by atoms with Gasteiger partial charge < -0.3 is 9.88 Å². The molecular weight excluding hydrogens is 334 g/mol. The molecule has 0 spiro atoms. The SMILES string of the molecule is CCn1c(SCC(=O)N[C@](C)(C#N)C(C)C)nnc1-c1ccccc1. The van der Waals surface area contributed by atoms with Crippen LogP contribution in [0.1, 0.15) is 27.7 Å². The first-order valence-corrected chi connectivity index (χ1v) is 9.23. The quantitative estimate of drug-likeness (QED) is 0.770. The first-order valence-electron chi connectivity index (χ1n) is 8.25. The number of benzene rings is 1. The van der Waals surface area contributed by atoms with E-state index in [0.29, 0.717) is 11.7 Å². The highest BCUT2D eigenvalue weighted by Crippen LogP contribution is 2.24. The topological polar surface area (TPSA) is 83.6 Å². The van der Waals surface area contributed by atoms with Crippen molar-refractivity contribution in [1.82, 2.24) is 20.1 Å². The minimum Gasteiger partial charge on any atom is -0.337 e. The van der Waals surface area contributed by atoms with Crippen LogP contribution >= 0.6 is 11.8 Å². The van der Waals surface area contributed by atoms with E-state index in [1.54, 1.807) is 6.92 Å². The van der Waals surface area contributed by atoms with E-state index in [1.807, 2.05) is 55.7 Å². The zero-order valence-corrected chi connectivity index (χ0v) is 15.8. The van der Waals surface area contributed by atoms with E-state index >= 15 is 0 Å². The van der Waals surface area contributed by atoms with Crippen molar-refractivity contribution in [3.05, 3.63) is 30.3 Å². The summed E-state index contributed by atoms with van der Waals surface area (Å²) in [6.07, 6.45) is 0. The van der Waals surface area contributed by atoms with E-state index in [0.717, 1.165) is 11.4 Å². The van der Waals surface area contributed by atoms with Crippen molar-refractivity contribution < 1.29 is 4.79 Å². The molecule has 0 radical (unpaired) electrons. The molecule has 0 saturated carbocycles. The number of hydrogen-bond acceptors (Lipinski definition) is 5. The summed E-state index contributed by atoms with van der Waals surface area (Å²) in [5, 5.41) is 21.3. The number of aromatic nitrogens is 3. The summed E-state index contributed by atoms with van der Waals surface area (Å²) in [6.45, 7) is 8.30. The lowest BCUT2D eigenvalue weighted by Crippen LogP contribution is -2.49. The van der Waals surface area contributed by atoms with E-state index in [4.69, 9.17) is 0 Å². The summed E-state index contributed by atoms with van der Waals surface area (Å²) in [5.74, 6) is 0.817. The maximum atomic E-state index is 12.2.